The van der Waals surface area contributed by atoms with Crippen LogP contribution in [-0.2, 0) is 11.8 Å². The van der Waals surface area contributed by atoms with Crippen molar-refractivity contribution in [1.29, 1.82) is 0 Å². The van der Waals surface area contributed by atoms with Crippen LogP contribution in [0.3, 0.4) is 0 Å². The van der Waals surface area contributed by atoms with Crippen molar-refractivity contribution >= 4 is 11.6 Å². The predicted molar refractivity (Wildman–Crippen MR) is 120 cm³/mol. The summed E-state index contributed by atoms with van der Waals surface area (Å²) >= 11 is 6.00. The highest BCUT2D eigenvalue weighted by Crippen LogP contribution is 2.28. The summed E-state index contributed by atoms with van der Waals surface area (Å²) in [4.78, 5) is 0. The Kier molecular flexibility index (Phi) is 5.29. The molecule has 0 aliphatic rings. The van der Waals surface area contributed by atoms with E-state index >= 15 is 0 Å². The molecule has 4 rings (SSSR count). The average molecular weight is 402 g/mol. The lowest BCUT2D eigenvalue weighted by Gasteiger charge is -2.19. The molecule has 0 fully saturated rings. The zero-order valence-electron chi connectivity index (χ0n) is 16.9. The van der Waals surface area contributed by atoms with Crippen molar-refractivity contribution in [2.75, 3.05) is 0 Å². The fourth-order valence-electron chi connectivity index (χ4n) is 3.36. The van der Waals surface area contributed by atoms with Gasteiger partial charge in [0.2, 0.25) is 0 Å². The first kappa shape index (κ1) is 19.5. The summed E-state index contributed by atoms with van der Waals surface area (Å²) in [6, 6.07) is 26.9. The number of rotatable bonds is 4. The fraction of sp³-hybridized carbons (Fsp3) is 0.192. The van der Waals surface area contributed by atoms with Gasteiger partial charge < -0.3 is 4.52 Å². The molecule has 0 saturated carbocycles. The highest BCUT2D eigenvalue weighted by atomic mass is 35.5. The lowest BCUT2D eigenvalue weighted by atomic mass is 9.86. The first-order valence-corrected chi connectivity index (χ1v) is 10.2. The molecule has 0 aliphatic heterocycles. The Morgan fingerprint density at radius 3 is 2.17 bits per heavy atom. The molecular weight excluding hydrogens is 378 g/mol. The third kappa shape index (κ3) is 4.60. The van der Waals surface area contributed by atoms with Gasteiger partial charge in [0.1, 0.15) is 0 Å². The summed E-state index contributed by atoms with van der Waals surface area (Å²) < 4.78 is 5.64. The van der Waals surface area contributed by atoms with Crippen LogP contribution in [0, 0.1) is 0 Å². The smallest absolute Gasteiger partial charge is 0.167 e. The molecule has 29 heavy (non-hydrogen) atoms. The highest BCUT2D eigenvalue weighted by molar-refractivity contribution is 6.30. The zero-order chi connectivity index (χ0) is 20.4. The average Bonchev–Trinajstić information content (AvgIpc) is 3.17. The molecule has 0 unspecified atom stereocenters. The van der Waals surface area contributed by atoms with E-state index in [0.717, 1.165) is 39.6 Å². The maximum absolute atomic E-state index is 6.00. The molecule has 0 amide bonds. The minimum absolute atomic E-state index is 0.161. The lowest BCUT2D eigenvalue weighted by molar-refractivity contribution is 0.425. The maximum Gasteiger partial charge on any atom is 0.167 e. The lowest BCUT2D eigenvalue weighted by Crippen LogP contribution is -2.10. The third-order valence-corrected chi connectivity index (χ3v) is 5.34. The molecule has 146 valence electrons. The first-order valence-electron chi connectivity index (χ1n) is 9.80. The van der Waals surface area contributed by atoms with Gasteiger partial charge in [0.15, 0.2) is 5.76 Å². The van der Waals surface area contributed by atoms with Crippen molar-refractivity contribution < 1.29 is 4.52 Å². The molecule has 0 N–H and O–H groups in total. The third-order valence-electron chi connectivity index (χ3n) is 5.09. The van der Waals surface area contributed by atoms with E-state index in [1.807, 2.05) is 42.5 Å². The number of halogens is 1. The number of benzene rings is 3. The number of aromatic nitrogens is 1. The van der Waals surface area contributed by atoms with E-state index in [-0.39, 0.29) is 5.41 Å². The van der Waals surface area contributed by atoms with Crippen molar-refractivity contribution in [1.82, 2.24) is 5.16 Å². The Labute approximate surface area is 177 Å². The van der Waals surface area contributed by atoms with Crippen LogP contribution in [0.1, 0.15) is 37.6 Å². The van der Waals surface area contributed by atoms with Gasteiger partial charge in [-0.2, -0.15) is 0 Å². The van der Waals surface area contributed by atoms with Gasteiger partial charge in [0.05, 0.1) is 5.69 Å². The zero-order valence-corrected chi connectivity index (χ0v) is 17.7. The normalized spacial score (nSPS) is 11.6. The molecule has 0 bridgehead atoms. The molecule has 1 aromatic heterocycles. The number of hydrogen-bond donors (Lipinski definition) is 0. The van der Waals surface area contributed by atoms with Crippen LogP contribution in [0.5, 0.6) is 0 Å². The van der Waals surface area contributed by atoms with Gasteiger partial charge in [-0.25, -0.2) is 0 Å². The van der Waals surface area contributed by atoms with E-state index < -0.39 is 0 Å². The number of hydrogen-bond acceptors (Lipinski definition) is 2. The molecule has 0 atom stereocenters. The summed E-state index contributed by atoms with van der Waals surface area (Å²) in [5.74, 6) is 0.780. The minimum atomic E-state index is 0.161. The number of nitrogens with zero attached hydrogens (tertiary/aromatic N) is 1. The van der Waals surface area contributed by atoms with Gasteiger partial charge in [-0.15, -0.1) is 0 Å². The second kappa shape index (κ2) is 7.88. The van der Waals surface area contributed by atoms with Gasteiger partial charge in [-0.1, -0.05) is 92.1 Å². The van der Waals surface area contributed by atoms with Crippen LogP contribution in [0.25, 0.3) is 22.5 Å². The monoisotopic (exact) mass is 401 g/mol. The van der Waals surface area contributed by atoms with Gasteiger partial charge >= 0.3 is 0 Å². The van der Waals surface area contributed by atoms with Gasteiger partial charge in [0, 0.05) is 23.1 Å². The van der Waals surface area contributed by atoms with E-state index in [9.17, 15) is 0 Å². The molecule has 4 aromatic rings. The summed E-state index contributed by atoms with van der Waals surface area (Å²) in [5.41, 5.74) is 6.91. The molecule has 3 heteroatoms. The molecule has 0 spiro atoms. The van der Waals surface area contributed by atoms with Crippen LogP contribution in [0.4, 0.5) is 0 Å². The summed E-state index contributed by atoms with van der Waals surface area (Å²) in [5, 5.41) is 5.02. The standard InChI is InChI=1S/C26H24ClNO/c1-26(2,3)22-11-7-18(8-12-22)15-24-17-25(29-28-24)21-6-4-5-20(16-21)19-9-13-23(27)14-10-19/h4-14,16-17H,15H2,1-3H3. The molecular formula is C26H24ClNO. The van der Waals surface area contributed by atoms with E-state index in [0.29, 0.717) is 0 Å². The van der Waals surface area contributed by atoms with Crippen LogP contribution >= 0.6 is 11.6 Å². The van der Waals surface area contributed by atoms with E-state index in [1.54, 1.807) is 0 Å². The van der Waals surface area contributed by atoms with Crippen molar-refractivity contribution in [2.24, 2.45) is 0 Å². The maximum atomic E-state index is 6.00. The molecule has 1 heterocycles. The van der Waals surface area contributed by atoms with Gasteiger partial charge in [-0.3, -0.25) is 0 Å². The Bertz CT molecular complexity index is 1100. The SMILES string of the molecule is CC(C)(C)c1ccc(Cc2cc(-c3cccc(-c4ccc(Cl)cc4)c3)on2)cc1. The predicted octanol–water partition coefficient (Wildman–Crippen LogP) is 7.55. The van der Waals surface area contributed by atoms with E-state index in [1.165, 1.54) is 11.1 Å². The summed E-state index contributed by atoms with van der Waals surface area (Å²) in [6.07, 6.45) is 0.755. The van der Waals surface area contributed by atoms with Crippen molar-refractivity contribution in [2.45, 2.75) is 32.6 Å². The second-order valence-electron chi connectivity index (χ2n) is 8.39. The topological polar surface area (TPSA) is 26.0 Å². The second-order valence-corrected chi connectivity index (χ2v) is 8.83. The van der Waals surface area contributed by atoms with Crippen LogP contribution in [-0.4, -0.2) is 5.16 Å². The Morgan fingerprint density at radius 2 is 1.48 bits per heavy atom. The first-order chi connectivity index (χ1) is 13.9. The van der Waals surface area contributed by atoms with E-state index in [2.05, 4.69) is 62.3 Å². The van der Waals surface area contributed by atoms with E-state index in [4.69, 9.17) is 16.1 Å². The van der Waals surface area contributed by atoms with Crippen molar-refractivity contribution in [3.05, 3.63) is 101 Å². The fourth-order valence-corrected chi connectivity index (χ4v) is 3.48. The molecule has 2 nitrogen and oxygen atoms in total. The van der Waals surface area contributed by atoms with Crippen LogP contribution in [0.2, 0.25) is 5.02 Å². The molecule has 0 saturated heterocycles. The highest BCUT2D eigenvalue weighted by Gasteiger charge is 2.13. The molecule has 0 radical (unpaired) electrons. The quantitative estimate of drug-likeness (QED) is 0.352. The van der Waals surface area contributed by atoms with Crippen LogP contribution in [0.15, 0.2) is 83.4 Å². The molecule has 3 aromatic carbocycles. The Morgan fingerprint density at radius 1 is 0.793 bits per heavy atom. The summed E-state index contributed by atoms with van der Waals surface area (Å²) in [6.45, 7) is 6.68. The summed E-state index contributed by atoms with van der Waals surface area (Å²) in [7, 11) is 0. The minimum Gasteiger partial charge on any atom is -0.356 e. The van der Waals surface area contributed by atoms with Gasteiger partial charge in [0.25, 0.3) is 0 Å². The van der Waals surface area contributed by atoms with Crippen molar-refractivity contribution in [3.8, 4) is 22.5 Å². The Balaban J connectivity index is 1.53. The molecule has 0 aliphatic carbocycles. The van der Waals surface area contributed by atoms with Crippen LogP contribution < -0.4 is 0 Å². The van der Waals surface area contributed by atoms with Crippen molar-refractivity contribution in [3.63, 3.8) is 0 Å². The largest absolute Gasteiger partial charge is 0.356 e. The van der Waals surface area contributed by atoms with Gasteiger partial charge in [-0.05, 0) is 45.9 Å². The Hall–Kier alpha value is -2.84.